The second-order valence-electron chi connectivity index (χ2n) is 11.5. The first-order valence-electron chi connectivity index (χ1n) is 13.8. The third-order valence-electron chi connectivity index (χ3n) is 8.65. The molecule has 0 aromatic heterocycles. The maximum Gasteiger partial charge on any atom is 0.414 e. The Balaban J connectivity index is 1.25. The Hall–Kier alpha value is -2.35. The largest absolute Gasteiger partial charge is 0.447 e. The highest BCUT2D eigenvalue weighted by atomic mass is 19.1. The summed E-state index contributed by atoms with van der Waals surface area (Å²) < 4.78 is 25.4. The number of piperidine rings is 1. The number of nitrogens with one attached hydrogen (secondary N) is 1. The number of likely N-dealkylation sites (tertiary alicyclic amines) is 1. The minimum absolute atomic E-state index is 0.0226. The van der Waals surface area contributed by atoms with E-state index >= 15 is 0 Å². The van der Waals surface area contributed by atoms with Crippen molar-refractivity contribution in [1.82, 2.24) is 10.2 Å². The van der Waals surface area contributed by atoms with Gasteiger partial charge in [-0.3, -0.25) is 4.90 Å². The molecule has 3 fully saturated rings. The Bertz CT molecular complexity index is 958. The molecule has 2 saturated carbocycles. The van der Waals surface area contributed by atoms with Gasteiger partial charge >= 0.3 is 12.2 Å². The van der Waals surface area contributed by atoms with Crippen LogP contribution in [-0.4, -0.2) is 61.0 Å². The molecule has 2 aliphatic heterocycles. The SMILES string of the molecule is CC(C)OC(=O)NC1CCCCC(N2CCC3(CC2)CN(C(=O)OC2CCC2)c2ccc(F)cc23)C1. The number of rotatable bonds is 4. The van der Waals surface area contributed by atoms with Crippen LogP contribution in [0.4, 0.5) is 19.7 Å². The molecule has 2 unspecified atom stereocenters. The van der Waals surface area contributed by atoms with Gasteiger partial charge in [-0.15, -0.1) is 0 Å². The highest BCUT2D eigenvalue weighted by Gasteiger charge is 2.48. The Morgan fingerprint density at radius 1 is 1.08 bits per heavy atom. The van der Waals surface area contributed by atoms with Gasteiger partial charge < -0.3 is 19.7 Å². The zero-order valence-corrected chi connectivity index (χ0v) is 21.6. The minimum atomic E-state index is -0.327. The summed E-state index contributed by atoms with van der Waals surface area (Å²) in [5, 5.41) is 3.08. The number of anilines is 1. The van der Waals surface area contributed by atoms with Crippen LogP contribution in [0.15, 0.2) is 18.2 Å². The van der Waals surface area contributed by atoms with Crippen molar-refractivity contribution in [3.63, 3.8) is 0 Å². The van der Waals surface area contributed by atoms with Gasteiger partial charge in [-0.25, -0.2) is 14.0 Å². The van der Waals surface area contributed by atoms with Crippen LogP contribution in [0.2, 0.25) is 0 Å². The molecule has 2 heterocycles. The van der Waals surface area contributed by atoms with E-state index in [1.54, 1.807) is 17.0 Å². The number of benzene rings is 1. The van der Waals surface area contributed by atoms with E-state index in [0.29, 0.717) is 12.6 Å². The second-order valence-corrected chi connectivity index (χ2v) is 11.5. The maximum atomic E-state index is 14.4. The van der Waals surface area contributed by atoms with Crippen LogP contribution in [0.25, 0.3) is 0 Å². The molecule has 1 aromatic rings. The third-order valence-corrected chi connectivity index (χ3v) is 8.65. The van der Waals surface area contributed by atoms with Gasteiger partial charge in [0.15, 0.2) is 0 Å². The fourth-order valence-corrected chi connectivity index (χ4v) is 6.46. The van der Waals surface area contributed by atoms with Crippen LogP contribution >= 0.6 is 0 Å². The molecule has 4 aliphatic rings. The Labute approximate surface area is 213 Å². The molecule has 5 rings (SSSR count). The van der Waals surface area contributed by atoms with Crippen molar-refractivity contribution in [3.05, 3.63) is 29.6 Å². The molecule has 2 aliphatic carbocycles. The topological polar surface area (TPSA) is 71.1 Å². The molecule has 36 heavy (non-hydrogen) atoms. The summed E-state index contributed by atoms with van der Waals surface area (Å²) in [4.78, 5) is 29.5. The van der Waals surface area contributed by atoms with E-state index in [1.807, 2.05) is 13.8 Å². The van der Waals surface area contributed by atoms with Gasteiger partial charge in [0.2, 0.25) is 0 Å². The van der Waals surface area contributed by atoms with E-state index in [4.69, 9.17) is 9.47 Å². The lowest BCUT2D eigenvalue weighted by Gasteiger charge is -2.43. The first-order chi connectivity index (χ1) is 17.3. The summed E-state index contributed by atoms with van der Waals surface area (Å²) in [6, 6.07) is 5.35. The fourth-order valence-electron chi connectivity index (χ4n) is 6.46. The smallest absolute Gasteiger partial charge is 0.414 e. The molecular formula is C28H40FN3O4. The normalized spacial score (nSPS) is 26.3. The molecular weight excluding hydrogens is 461 g/mol. The molecule has 2 atom stereocenters. The second kappa shape index (κ2) is 10.6. The highest BCUT2D eigenvalue weighted by Crippen LogP contribution is 2.48. The number of carbonyl (C=O) groups excluding carboxylic acids is 2. The molecule has 1 N–H and O–H groups in total. The number of fused-ring (bicyclic) bond motifs is 2. The van der Waals surface area contributed by atoms with Gasteiger partial charge in [0.25, 0.3) is 0 Å². The monoisotopic (exact) mass is 501 g/mol. The van der Waals surface area contributed by atoms with Crippen LogP contribution in [0.5, 0.6) is 0 Å². The van der Waals surface area contributed by atoms with Gasteiger partial charge in [-0.05, 0) is 102 Å². The summed E-state index contributed by atoms with van der Waals surface area (Å²) in [6.45, 7) is 6.08. The van der Waals surface area contributed by atoms with Crippen molar-refractivity contribution in [2.24, 2.45) is 0 Å². The van der Waals surface area contributed by atoms with Gasteiger partial charge in [0.1, 0.15) is 11.9 Å². The number of hydrogen-bond donors (Lipinski definition) is 1. The summed E-state index contributed by atoms with van der Waals surface area (Å²) in [6.07, 6.45) is 9.27. The number of alkyl carbamates (subject to hydrolysis) is 1. The van der Waals surface area contributed by atoms with Crippen LogP contribution in [0.3, 0.4) is 0 Å². The standard InChI is InChI=1S/C28H40FN3O4/c1-19(2)35-26(33)30-21-6-3-4-7-22(17-21)31-14-12-28(13-15-31)18-32(27(34)36-23-8-5-9-23)25-11-10-20(29)16-24(25)28/h10-11,16,19,21-23H,3-9,12-15,17-18H2,1-2H3,(H,30,33). The number of carbonyl (C=O) groups is 2. The number of nitrogens with zero attached hydrogens (tertiary/aromatic N) is 2. The van der Waals surface area contributed by atoms with E-state index in [2.05, 4.69) is 10.2 Å². The predicted molar refractivity (Wildman–Crippen MR) is 136 cm³/mol. The molecule has 0 radical (unpaired) electrons. The zero-order valence-electron chi connectivity index (χ0n) is 21.6. The lowest BCUT2D eigenvalue weighted by Crippen LogP contribution is -2.50. The molecule has 1 saturated heterocycles. The van der Waals surface area contributed by atoms with Crippen molar-refractivity contribution >= 4 is 17.9 Å². The van der Waals surface area contributed by atoms with E-state index in [-0.39, 0.29) is 41.7 Å². The van der Waals surface area contributed by atoms with Crippen molar-refractivity contribution in [2.45, 2.75) is 108 Å². The molecule has 1 aromatic carbocycles. The van der Waals surface area contributed by atoms with Gasteiger partial charge in [-0.2, -0.15) is 0 Å². The lowest BCUT2D eigenvalue weighted by atomic mass is 9.74. The quantitative estimate of drug-likeness (QED) is 0.552. The molecule has 0 bridgehead atoms. The molecule has 8 heteroatoms. The van der Waals surface area contributed by atoms with E-state index in [1.165, 1.54) is 6.07 Å². The molecule has 198 valence electrons. The first kappa shape index (κ1) is 25.3. The van der Waals surface area contributed by atoms with Gasteiger partial charge in [-0.1, -0.05) is 12.8 Å². The number of halogens is 1. The third kappa shape index (κ3) is 5.34. The lowest BCUT2D eigenvalue weighted by molar-refractivity contribution is 0.0558. The average molecular weight is 502 g/mol. The summed E-state index contributed by atoms with van der Waals surface area (Å²) in [5.41, 5.74) is 1.51. The Morgan fingerprint density at radius 3 is 2.53 bits per heavy atom. The molecule has 1 spiro atoms. The minimum Gasteiger partial charge on any atom is -0.447 e. The number of amides is 2. The van der Waals surface area contributed by atoms with Crippen molar-refractivity contribution in [2.75, 3.05) is 24.5 Å². The summed E-state index contributed by atoms with van der Waals surface area (Å²) >= 11 is 0. The number of hydrogen-bond acceptors (Lipinski definition) is 5. The molecule has 2 amide bonds. The molecule has 7 nitrogen and oxygen atoms in total. The van der Waals surface area contributed by atoms with Crippen molar-refractivity contribution in [3.8, 4) is 0 Å². The van der Waals surface area contributed by atoms with E-state index in [9.17, 15) is 14.0 Å². The summed E-state index contributed by atoms with van der Waals surface area (Å²) in [7, 11) is 0. The Kier molecular flexibility index (Phi) is 7.42. The zero-order chi connectivity index (χ0) is 25.3. The Morgan fingerprint density at radius 2 is 1.83 bits per heavy atom. The van der Waals surface area contributed by atoms with Crippen molar-refractivity contribution in [1.29, 1.82) is 0 Å². The van der Waals surface area contributed by atoms with Crippen LogP contribution in [0, 0.1) is 5.82 Å². The summed E-state index contributed by atoms with van der Waals surface area (Å²) in [5.74, 6) is -0.254. The predicted octanol–water partition coefficient (Wildman–Crippen LogP) is 5.50. The van der Waals surface area contributed by atoms with Crippen LogP contribution in [-0.2, 0) is 14.9 Å². The average Bonchev–Trinajstić information content (AvgIpc) is 2.94. The van der Waals surface area contributed by atoms with Crippen molar-refractivity contribution < 1.29 is 23.5 Å². The maximum absolute atomic E-state index is 14.4. The fraction of sp³-hybridized carbons (Fsp3) is 0.714. The van der Waals surface area contributed by atoms with Crippen LogP contribution < -0.4 is 10.2 Å². The van der Waals surface area contributed by atoms with E-state index in [0.717, 1.165) is 88.5 Å². The highest BCUT2D eigenvalue weighted by molar-refractivity contribution is 5.91. The van der Waals surface area contributed by atoms with E-state index < -0.39 is 0 Å². The van der Waals surface area contributed by atoms with Crippen LogP contribution in [0.1, 0.15) is 83.6 Å². The first-order valence-corrected chi connectivity index (χ1v) is 13.8. The van der Waals surface area contributed by atoms with Gasteiger partial charge in [0, 0.05) is 24.0 Å². The van der Waals surface area contributed by atoms with Gasteiger partial charge in [0.05, 0.1) is 11.8 Å². The number of ether oxygens (including phenoxy) is 2.